The quantitative estimate of drug-likeness (QED) is 0.730. The van der Waals surface area contributed by atoms with Crippen LogP contribution in [0.4, 0.5) is 0 Å². The number of ketones is 1. The van der Waals surface area contributed by atoms with Crippen molar-refractivity contribution in [2.75, 3.05) is 7.11 Å². The van der Waals surface area contributed by atoms with Gasteiger partial charge in [-0.3, -0.25) is 4.79 Å². The Balaban J connectivity index is 2.55. The highest BCUT2D eigenvalue weighted by molar-refractivity contribution is 5.78. The summed E-state index contributed by atoms with van der Waals surface area (Å²) in [6.45, 7) is 6.30. The van der Waals surface area contributed by atoms with Crippen LogP contribution in [0.25, 0.3) is 0 Å². The first kappa shape index (κ1) is 14.7. The van der Waals surface area contributed by atoms with Crippen LogP contribution < -0.4 is 4.74 Å². The molecule has 0 amide bonds. The minimum Gasteiger partial charge on any atom is -0.496 e. The van der Waals surface area contributed by atoms with E-state index in [0.29, 0.717) is 24.5 Å². The number of benzene rings is 1. The van der Waals surface area contributed by atoms with E-state index >= 15 is 0 Å². The van der Waals surface area contributed by atoms with Crippen molar-refractivity contribution in [1.29, 1.82) is 0 Å². The third-order valence-electron chi connectivity index (χ3n) is 3.39. The first-order valence-electron chi connectivity index (χ1n) is 6.72. The average molecular weight is 248 g/mol. The third kappa shape index (κ3) is 4.52. The SMILES string of the molecule is CCC(C)CC(=O)CCc1ccc(C)cc1OC. The van der Waals surface area contributed by atoms with Crippen molar-refractivity contribution in [3.63, 3.8) is 0 Å². The van der Waals surface area contributed by atoms with Gasteiger partial charge in [0.25, 0.3) is 0 Å². The summed E-state index contributed by atoms with van der Waals surface area (Å²) >= 11 is 0. The molecule has 0 aromatic heterocycles. The Labute approximate surface area is 110 Å². The van der Waals surface area contributed by atoms with Gasteiger partial charge in [0.2, 0.25) is 0 Å². The standard InChI is InChI=1S/C16H24O2/c1-5-12(2)10-15(17)9-8-14-7-6-13(3)11-16(14)18-4/h6-7,11-12H,5,8-10H2,1-4H3. The van der Waals surface area contributed by atoms with Gasteiger partial charge in [0.1, 0.15) is 11.5 Å². The molecular weight excluding hydrogens is 224 g/mol. The normalized spacial score (nSPS) is 12.2. The molecule has 0 radical (unpaired) electrons. The molecular formula is C16H24O2. The Morgan fingerprint density at radius 1 is 1.39 bits per heavy atom. The molecule has 0 aliphatic carbocycles. The molecule has 0 N–H and O–H groups in total. The fraction of sp³-hybridized carbons (Fsp3) is 0.562. The number of hydrogen-bond acceptors (Lipinski definition) is 2. The zero-order chi connectivity index (χ0) is 13.5. The van der Waals surface area contributed by atoms with Crippen LogP contribution in [0.2, 0.25) is 0 Å². The predicted molar refractivity (Wildman–Crippen MR) is 75.1 cm³/mol. The predicted octanol–water partition coefficient (Wildman–Crippen LogP) is 3.94. The van der Waals surface area contributed by atoms with Crippen LogP contribution in [0.3, 0.4) is 0 Å². The summed E-state index contributed by atoms with van der Waals surface area (Å²) in [5.41, 5.74) is 2.31. The summed E-state index contributed by atoms with van der Waals surface area (Å²) in [5.74, 6) is 1.75. The molecule has 0 saturated carbocycles. The van der Waals surface area contributed by atoms with Crippen molar-refractivity contribution in [3.05, 3.63) is 29.3 Å². The lowest BCUT2D eigenvalue weighted by atomic mass is 9.97. The van der Waals surface area contributed by atoms with E-state index < -0.39 is 0 Å². The molecule has 1 aromatic carbocycles. The molecule has 0 heterocycles. The zero-order valence-electron chi connectivity index (χ0n) is 12.0. The second kappa shape index (κ2) is 7.20. The van der Waals surface area contributed by atoms with Gasteiger partial charge in [-0.15, -0.1) is 0 Å². The lowest BCUT2D eigenvalue weighted by Crippen LogP contribution is -2.06. The number of aryl methyl sites for hydroxylation is 2. The maximum atomic E-state index is 11.8. The van der Waals surface area contributed by atoms with Crippen LogP contribution in [-0.2, 0) is 11.2 Å². The fourth-order valence-corrected chi connectivity index (χ4v) is 1.97. The van der Waals surface area contributed by atoms with E-state index in [1.807, 2.05) is 13.0 Å². The molecule has 0 aliphatic heterocycles. The van der Waals surface area contributed by atoms with Gasteiger partial charge in [0.05, 0.1) is 7.11 Å². The van der Waals surface area contributed by atoms with Crippen molar-refractivity contribution in [2.45, 2.75) is 46.5 Å². The number of carbonyl (C=O) groups excluding carboxylic acids is 1. The van der Waals surface area contributed by atoms with E-state index in [9.17, 15) is 4.79 Å². The van der Waals surface area contributed by atoms with Gasteiger partial charge < -0.3 is 4.74 Å². The summed E-state index contributed by atoms with van der Waals surface area (Å²) in [5, 5.41) is 0. The van der Waals surface area contributed by atoms with E-state index in [2.05, 4.69) is 26.0 Å². The van der Waals surface area contributed by atoms with Crippen LogP contribution in [-0.4, -0.2) is 12.9 Å². The minimum atomic E-state index is 0.354. The highest BCUT2D eigenvalue weighted by Crippen LogP contribution is 2.22. The number of ether oxygens (including phenoxy) is 1. The number of rotatable bonds is 7. The molecule has 100 valence electrons. The topological polar surface area (TPSA) is 26.3 Å². The van der Waals surface area contributed by atoms with Gasteiger partial charge in [-0.1, -0.05) is 32.4 Å². The fourth-order valence-electron chi connectivity index (χ4n) is 1.97. The van der Waals surface area contributed by atoms with Gasteiger partial charge in [-0.2, -0.15) is 0 Å². The lowest BCUT2D eigenvalue weighted by Gasteiger charge is -2.10. The first-order chi connectivity index (χ1) is 8.56. The summed E-state index contributed by atoms with van der Waals surface area (Å²) in [4.78, 5) is 11.8. The average Bonchev–Trinajstić information content (AvgIpc) is 2.36. The molecule has 2 nitrogen and oxygen atoms in total. The molecule has 0 aliphatic rings. The summed E-state index contributed by atoms with van der Waals surface area (Å²) < 4.78 is 5.35. The van der Waals surface area contributed by atoms with Gasteiger partial charge in [0, 0.05) is 12.8 Å². The van der Waals surface area contributed by atoms with Gasteiger partial charge in [0.15, 0.2) is 0 Å². The molecule has 0 saturated heterocycles. The Morgan fingerprint density at radius 2 is 2.11 bits per heavy atom. The molecule has 1 atom stereocenters. The molecule has 2 heteroatoms. The molecule has 0 fully saturated rings. The van der Waals surface area contributed by atoms with E-state index in [0.717, 1.165) is 24.2 Å². The number of Topliss-reactive ketones (excluding diaryl/α,β-unsaturated/α-hetero) is 1. The lowest BCUT2D eigenvalue weighted by molar-refractivity contribution is -0.119. The minimum absolute atomic E-state index is 0.354. The van der Waals surface area contributed by atoms with E-state index in [-0.39, 0.29) is 0 Å². The maximum absolute atomic E-state index is 11.8. The largest absolute Gasteiger partial charge is 0.496 e. The highest BCUT2D eigenvalue weighted by Gasteiger charge is 2.09. The van der Waals surface area contributed by atoms with Crippen molar-refractivity contribution < 1.29 is 9.53 Å². The Morgan fingerprint density at radius 3 is 2.72 bits per heavy atom. The Kier molecular flexibility index (Phi) is 5.90. The van der Waals surface area contributed by atoms with Crippen LogP contribution in [0.5, 0.6) is 5.75 Å². The number of carbonyl (C=O) groups is 1. The van der Waals surface area contributed by atoms with Crippen molar-refractivity contribution in [3.8, 4) is 5.75 Å². The van der Waals surface area contributed by atoms with Crippen LogP contribution in [0.1, 0.15) is 44.2 Å². The van der Waals surface area contributed by atoms with E-state index in [1.165, 1.54) is 5.56 Å². The molecule has 1 unspecified atom stereocenters. The first-order valence-corrected chi connectivity index (χ1v) is 6.72. The molecule has 18 heavy (non-hydrogen) atoms. The smallest absolute Gasteiger partial charge is 0.133 e. The molecule has 1 rings (SSSR count). The summed E-state index contributed by atoms with van der Waals surface area (Å²) in [6, 6.07) is 6.15. The second-order valence-corrected chi connectivity index (χ2v) is 5.07. The summed E-state index contributed by atoms with van der Waals surface area (Å²) in [6.07, 6.45) is 3.16. The number of methoxy groups -OCH3 is 1. The van der Waals surface area contributed by atoms with Crippen LogP contribution in [0.15, 0.2) is 18.2 Å². The third-order valence-corrected chi connectivity index (χ3v) is 3.39. The zero-order valence-corrected chi connectivity index (χ0v) is 12.0. The van der Waals surface area contributed by atoms with E-state index in [4.69, 9.17) is 4.74 Å². The Bertz CT molecular complexity index is 396. The van der Waals surface area contributed by atoms with Crippen molar-refractivity contribution in [2.24, 2.45) is 5.92 Å². The van der Waals surface area contributed by atoms with Gasteiger partial charge in [-0.25, -0.2) is 0 Å². The molecule has 0 bridgehead atoms. The molecule has 0 spiro atoms. The monoisotopic (exact) mass is 248 g/mol. The van der Waals surface area contributed by atoms with Gasteiger partial charge in [-0.05, 0) is 36.5 Å². The summed E-state index contributed by atoms with van der Waals surface area (Å²) in [7, 11) is 1.68. The maximum Gasteiger partial charge on any atom is 0.133 e. The molecule has 1 aromatic rings. The van der Waals surface area contributed by atoms with Crippen LogP contribution >= 0.6 is 0 Å². The van der Waals surface area contributed by atoms with Crippen molar-refractivity contribution in [1.82, 2.24) is 0 Å². The van der Waals surface area contributed by atoms with Gasteiger partial charge >= 0.3 is 0 Å². The highest BCUT2D eigenvalue weighted by atomic mass is 16.5. The number of hydrogen-bond donors (Lipinski definition) is 0. The Hall–Kier alpha value is -1.31. The van der Waals surface area contributed by atoms with Crippen molar-refractivity contribution >= 4 is 5.78 Å². The second-order valence-electron chi connectivity index (χ2n) is 5.07. The van der Waals surface area contributed by atoms with E-state index in [1.54, 1.807) is 7.11 Å². The van der Waals surface area contributed by atoms with Crippen LogP contribution in [0, 0.1) is 12.8 Å².